The first-order valence-electron chi connectivity index (χ1n) is 15.4. The maximum Gasteiger partial charge on any atom is 0.435 e. The summed E-state index contributed by atoms with van der Waals surface area (Å²) in [5.74, 6) is -3.28. The Hall–Kier alpha value is -5.36. The van der Waals surface area contributed by atoms with Gasteiger partial charge >= 0.3 is 12.1 Å². The second-order valence-electron chi connectivity index (χ2n) is 11.2. The Labute approximate surface area is 273 Å². The highest BCUT2D eigenvalue weighted by atomic mass is 16.7. The van der Waals surface area contributed by atoms with Crippen molar-refractivity contribution in [3.63, 3.8) is 0 Å². The van der Waals surface area contributed by atoms with E-state index in [2.05, 4.69) is 15.6 Å². The lowest BCUT2D eigenvalue weighted by molar-refractivity contribution is -0.191. The molecule has 12 nitrogen and oxygen atoms in total. The van der Waals surface area contributed by atoms with Gasteiger partial charge in [0.1, 0.15) is 18.7 Å². The molecule has 0 aliphatic carbocycles. The van der Waals surface area contributed by atoms with E-state index in [1.165, 1.54) is 24.3 Å². The van der Waals surface area contributed by atoms with Gasteiger partial charge in [-0.05, 0) is 42.5 Å². The molecule has 0 aromatic heterocycles. The number of hydrogen-bond donors (Lipinski definition) is 3. The van der Waals surface area contributed by atoms with E-state index in [4.69, 9.17) is 15.3 Å². The number of amidine groups is 1. The van der Waals surface area contributed by atoms with Crippen molar-refractivity contribution in [2.75, 3.05) is 19.6 Å². The summed E-state index contributed by atoms with van der Waals surface area (Å²) in [5, 5.41) is 6.95. The predicted octanol–water partition coefficient (Wildman–Crippen LogP) is 3.19. The van der Waals surface area contributed by atoms with Crippen LogP contribution in [0.3, 0.4) is 0 Å². The van der Waals surface area contributed by atoms with Crippen LogP contribution < -0.4 is 16.4 Å². The van der Waals surface area contributed by atoms with Gasteiger partial charge in [-0.3, -0.25) is 9.59 Å². The molecular weight excluding hydrogens is 602 g/mol. The van der Waals surface area contributed by atoms with Crippen molar-refractivity contribution >= 4 is 36.0 Å². The van der Waals surface area contributed by atoms with Gasteiger partial charge in [-0.1, -0.05) is 79.7 Å². The molecule has 1 aliphatic rings. The van der Waals surface area contributed by atoms with Gasteiger partial charge in [0, 0.05) is 30.8 Å². The third-order valence-electron chi connectivity index (χ3n) is 7.65. The predicted molar refractivity (Wildman–Crippen MR) is 174 cm³/mol. The van der Waals surface area contributed by atoms with Crippen LogP contribution in [0.25, 0.3) is 0 Å². The zero-order valence-electron chi connectivity index (χ0n) is 26.2. The van der Waals surface area contributed by atoms with Crippen molar-refractivity contribution in [2.24, 2.45) is 22.6 Å². The maximum atomic E-state index is 13.2. The highest BCUT2D eigenvalue weighted by molar-refractivity contribution is 6.03. The standard InChI is InChI=1S/C35H39N5O7/c1-24(32(42)38-30(22-41)29(20-25-10-4-2-5-11-25)34(44)47-40-18-8-9-19-40)21-37-33(43)28-16-14-27(15-17-28)31(36)39-35(45)46-23-26-12-6-3-7-13-26/h2-7,10-17,22,24,29-30H,8-9,18-21,23H2,1H3,(H,37,43)(H,38,42)(H2,36,39,45)/t24?,29?,30-/m1/s1. The normalized spacial score (nSPS) is 15.1. The second-order valence-corrected chi connectivity index (χ2v) is 11.2. The van der Waals surface area contributed by atoms with Crippen LogP contribution in [0.1, 0.15) is 46.8 Å². The van der Waals surface area contributed by atoms with Crippen LogP contribution in [0.4, 0.5) is 4.79 Å². The van der Waals surface area contributed by atoms with Gasteiger partial charge < -0.3 is 30.7 Å². The summed E-state index contributed by atoms with van der Waals surface area (Å²) in [4.78, 5) is 72.6. The van der Waals surface area contributed by atoms with Crippen molar-refractivity contribution in [1.82, 2.24) is 15.7 Å². The van der Waals surface area contributed by atoms with Crippen LogP contribution in [0.2, 0.25) is 0 Å². The third-order valence-corrected chi connectivity index (χ3v) is 7.65. The zero-order chi connectivity index (χ0) is 33.6. The molecule has 1 fully saturated rings. The van der Waals surface area contributed by atoms with Crippen LogP contribution in [0, 0.1) is 11.8 Å². The Balaban J connectivity index is 1.29. The average Bonchev–Trinajstić information content (AvgIpc) is 3.61. The molecule has 1 heterocycles. The van der Waals surface area contributed by atoms with Crippen molar-refractivity contribution in [2.45, 2.75) is 38.8 Å². The van der Waals surface area contributed by atoms with Crippen molar-refractivity contribution in [3.05, 3.63) is 107 Å². The van der Waals surface area contributed by atoms with E-state index in [-0.39, 0.29) is 25.4 Å². The van der Waals surface area contributed by atoms with E-state index in [9.17, 15) is 24.0 Å². The van der Waals surface area contributed by atoms with Gasteiger partial charge in [0.05, 0.1) is 17.9 Å². The van der Waals surface area contributed by atoms with Crippen LogP contribution in [0.5, 0.6) is 0 Å². The van der Waals surface area contributed by atoms with Crippen molar-refractivity contribution < 1.29 is 33.5 Å². The minimum Gasteiger partial charge on any atom is -0.443 e. The number of carbonyl (C=O) groups is 5. The molecule has 246 valence electrons. The number of aliphatic imine (C=N–C) groups is 1. The lowest BCUT2D eigenvalue weighted by atomic mass is 9.92. The Bertz CT molecular complexity index is 1540. The topological polar surface area (TPSA) is 169 Å². The number of nitrogens with one attached hydrogen (secondary N) is 2. The molecule has 3 atom stereocenters. The molecule has 4 N–H and O–H groups in total. The first-order valence-corrected chi connectivity index (χ1v) is 15.4. The number of nitrogens with two attached hydrogens (primary N) is 1. The lowest BCUT2D eigenvalue weighted by Gasteiger charge is -2.26. The minimum absolute atomic E-state index is 0.0313. The number of hydrogen-bond acceptors (Lipinski definition) is 8. The van der Waals surface area contributed by atoms with Gasteiger partial charge in [-0.25, -0.2) is 9.59 Å². The number of ether oxygens (including phenoxy) is 1. The first-order chi connectivity index (χ1) is 22.7. The molecular formula is C35H39N5O7. The fourth-order valence-electron chi connectivity index (χ4n) is 4.88. The molecule has 3 amide bonds. The maximum absolute atomic E-state index is 13.2. The molecule has 2 unspecified atom stereocenters. The second kappa shape index (κ2) is 17.4. The summed E-state index contributed by atoms with van der Waals surface area (Å²) in [6.45, 7) is 2.86. The minimum atomic E-state index is -1.13. The largest absolute Gasteiger partial charge is 0.443 e. The van der Waals surface area contributed by atoms with Crippen molar-refractivity contribution in [3.8, 4) is 0 Å². The van der Waals surface area contributed by atoms with Gasteiger partial charge in [0.25, 0.3) is 5.91 Å². The summed E-state index contributed by atoms with van der Waals surface area (Å²) >= 11 is 0. The number of carbonyl (C=O) groups excluding carboxylic acids is 5. The smallest absolute Gasteiger partial charge is 0.435 e. The fourth-order valence-corrected chi connectivity index (χ4v) is 4.88. The van der Waals surface area contributed by atoms with E-state index in [0.29, 0.717) is 30.5 Å². The molecule has 12 heteroatoms. The number of nitrogens with zero attached hydrogens (tertiary/aromatic N) is 2. The molecule has 0 spiro atoms. The Kier molecular flexibility index (Phi) is 12.8. The summed E-state index contributed by atoms with van der Waals surface area (Å²) in [7, 11) is 0. The summed E-state index contributed by atoms with van der Waals surface area (Å²) in [5.41, 5.74) is 8.28. The van der Waals surface area contributed by atoms with Gasteiger partial charge in [-0.2, -0.15) is 4.99 Å². The molecule has 47 heavy (non-hydrogen) atoms. The summed E-state index contributed by atoms with van der Waals surface area (Å²) in [6, 6.07) is 23.3. The number of hydroxylamine groups is 2. The quantitative estimate of drug-likeness (QED) is 0.136. The van der Waals surface area contributed by atoms with E-state index >= 15 is 0 Å². The highest BCUT2D eigenvalue weighted by Gasteiger charge is 2.34. The summed E-state index contributed by atoms with van der Waals surface area (Å²) < 4.78 is 5.12. The number of amides is 3. The van der Waals surface area contributed by atoms with Gasteiger partial charge in [0.2, 0.25) is 5.91 Å². The molecule has 0 bridgehead atoms. The van der Waals surface area contributed by atoms with E-state index in [1.54, 1.807) is 12.0 Å². The van der Waals surface area contributed by atoms with Crippen LogP contribution in [-0.4, -0.2) is 66.7 Å². The van der Waals surface area contributed by atoms with Gasteiger partial charge in [0.15, 0.2) is 0 Å². The average molecular weight is 642 g/mol. The highest BCUT2D eigenvalue weighted by Crippen LogP contribution is 2.18. The van der Waals surface area contributed by atoms with Crippen LogP contribution in [-0.2, 0) is 37.0 Å². The molecule has 1 aliphatic heterocycles. The monoisotopic (exact) mass is 641 g/mol. The van der Waals surface area contributed by atoms with Gasteiger partial charge in [-0.15, -0.1) is 5.06 Å². The third kappa shape index (κ3) is 10.6. The Morgan fingerprint density at radius 1 is 0.894 bits per heavy atom. The lowest BCUT2D eigenvalue weighted by Crippen LogP contribution is -2.49. The SMILES string of the molecule is CC(CNC(=O)c1ccc(C(N)=NC(=O)OCc2ccccc2)cc1)C(=O)N[C@H](C=O)C(Cc1ccccc1)C(=O)ON1CCCC1. The Morgan fingerprint density at radius 3 is 2.11 bits per heavy atom. The van der Waals surface area contributed by atoms with Crippen LogP contribution >= 0.6 is 0 Å². The summed E-state index contributed by atoms with van der Waals surface area (Å²) in [6.07, 6.45) is 1.72. The molecule has 0 radical (unpaired) electrons. The van der Waals surface area contributed by atoms with E-state index in [1.807, 2.05) is 60.7 Å². The van der Waals surface area contributed by atoms with E-state index in [0.717, 1.165) is 24.0 Å². The Morgan fingerprint density at radius 2 is 1.49 bits per heavy atom. The fraction of sp³-hybridized carbons (Fsp3) is 0.314. The molecule has 1 saturated heterocycles. The van der Waals surface area contributed by atoms with E-state index < -0.39 is 41.8 Å². The molecule has 3 aromatic rings. The molecule has 0 saturated carbocycles. The number of rotatable bonds is 14. The number of benzene rings is 3. The van der Waals surface area contributed by atoms with Crippen molar-refractivity contribution in [1.29, 1.82) is 0 Å². The first kappa shape index (κ1) is 34.5. The number of aldehydes is 1. The molecule has 3 aromatic carbocycles. The zero-order valence-corrected chi connectivity index (χ0v) is 26.2. The molecule has 4 rings (SSSR count). The van der Waals surface area contributed by atoms with Crippen LogP contribution in [0.15, 0.2) is 89.9 Å².